The van der Waals surface area contributed by atoms with Gasteiger partial charge in [0.15, 0.2) is 5.79 Å². The molecule has 0 N–H and O–H groups in total. The molecule has 1 heterocycles. The minimum atomic E-state index is -0.374. The van der Waals surface area contributed by atoms with Gasteiger partial charge in [0.1, 0.15) is 0 Å². The lowest BCUT2D eigenvalue weighted by Gasteiger charge is -2.39. The summed E-state index contributed by atoms with van der Waals surface area (Å²) in [5, 5.41) is 0. The highest BCUT2D eigenvalue weighted by Crippen LogP contribution is 2.29. The molecule has 13 heavy (non-hydrogen) atoms. The first-order valence-electron chi connectivity index (χ1n) is 5.12. The molecule has 3 nitrogen and oxygen atoms in total. The molecule has 3 heteroatoms. The number of rotatable bonds is 4. The van der Waals surface area contributed by atoms with Crippen LogP contribution in [-0.2, 0) is 14.2 Å². The van der Waals surface area contributed by atoms with Gasteiger partial charge in [-0.3, -0.25) is 0 Å². The fourth-order valence-corrected chi connectivity index (χ4v) is 1.84. The Morgan fingerprint density at radius 3 is 2.38 bits per heavy atom. The van der Waals surface area contributed by atoms with E-state index in [1.807, 2.05) is 13.8 Å². The second kappa shape index (κ2) is 4.94. The first-order chi connectivity index (χ1) is 6.22. The molecular weight excluding hydrogens is 168 g/mol. The molecule has 78 valence electrons. The molecule has 0 aromatic heterocycles. The van der Waals surface area contributed by atoms with E-state index in [-0.39, 0.29) is 11.9 Å². The van der Waals surface area contributed by atoms with Crippen molar-refractivity contribution < 1.29 is 14.2 Å². The Morgan fingerprint density at radius 1 is 1.31 bits per heavy atom. The van der Waals surface area contributed by atoms with Crippen LogP contribution in [0.25, 0.3) is 0 Å². The lowest BCUT2D eigenvalue weighted by Crippen LogP contribution is -2.44. The van der Waals surface area contributed by atoms with Crippen molar-refractivity contribution in [2.75, 3.05) is 19.8 Å². The minimum absolute atomic E-state index is 0.242. The molecule has 0 aromatic rings. The van der Waals surface area contributed by atoms with Crippen molar-refractivity contribution >= 4 is 0 Å². The van der Waals surface area contributed by atoms with Crippen LogP contribution in [-0.4, -0.2) is 31.7 Å². The van der Waals surface area contributed by atoms with Crippen LogP contribution >= 0.6 is 0 Å². The van der Waals surface area contributed by atoms with E-state index in [1.165, 1.54) is 0 Å². The van der Waals surface area contributed by atoms with Crippen molar-refractivity contribution in [3.63, 3.8) is 0 Å². The highest BCUT2D eigenvalue weighted by Gasteiger charge is 2.36. The topological polar surface area (TPSA) is 27.7 Å². The second-order valence-corrected chi connectivity index (χ2v) is 3.41. The summed E-state index contributed by atoms with van der Waals surface area (Å²) in [6.07, 6.45) is 1.93. The largest absolute Gasteiger partial charge is 0.378 e. The van der Waals surface area contributed by atoms with Gasteiger partial charge < -0.3 is 14.2 Å². The number of hydrogen-bond donors (Lipinski definition) is 0. The molecule has 1 aliphatic heterocycles. The van der Waals surface area contributed by atoms with Gasteiger partial charge in [-0.25, -0.2) is 0 Å². The molecule has 0 saturated carbocycles. The summed E-state index contributed by atoms with van der Waals surface area (Å²) in [5.74, 6) is -0.374. The van der Waals surface area contributed by atoms with E-state index in [9.17, 15) is 0 Å². The van der Waals surface area contributed by atoms with Crippen molar-refractivity contribution in [2.45, 2.75) is 45.5 Å². The highest BCUT2D eigenvalue weighted by molar-refractivity contribution is 4.77. The fraction of sp³-hybridized carbons (Fsp3) is 1.00. The third kappa shape index (κ3) is 2.93. The first-order valence-corrected chi connectivity index (χ1v) is 5.12. The molecule has 1 rings (SSSR count). The van der Waals surface area contributed by atoms with Crippen LogP contribution in [0.2, 0.25) is 0 Å². The zero-order valence-corrected chi connectivity index (χ0v) is 8.84. The molecule has 1 aliphatic rings. The summed E-state index contributed by atoms with van der Waals surface area (Å²) in [7, 11) is 0. The molecular formula is C10H20O3. The van der Waals surface area contributed by atoms with Crippen molar-refractivity contribution in [1.29, 1.82) is 0 Å². The summed E-state index contributed by atoms with van der Waals surface area (Å²) in [6.45, 7) is 8.20. The van der Waals surface area contributed by atoms with Crippen LogP contribution < -0.4 is 0 Å². The molecule has 1 unspecified atom stereocenters. The molecule has 0 spiro atoms. The smallest absolute Gasteiger partial charge is 0.172 e. The summed E-state index contributed by atoms with van der Waals surface area (Å²) >= 11 is 0. The first kappa shape index (κ1) is 11.0. The highest BCUT2D eigenvalue weighted by atomic mass is 16.7. The molecule has 0 aliphatic carbocycles. The molecule has 0 amide bonds. The Morgan fingerprint density at radius 2 is 1.92 bits per heavy atom. The average Bonchev–Trinajstić information content (AvgIpc) is 2.04. The van der Waals surface area contributed by atoms with E-state index in [2.05, 4.69) is 6.92 Å². The van der Waals surface area contributed by atoms with Crippen LogP contribution in [0.15, 0.2) is 0 Å². The van der Waals surface area contributed by atoms with E-state index in [0.29, 0.717) is 13.2 Å². The van der Waals surface area contributed by atoms with E-state index in [0.717, 1.165) is 19.4 Å². The number of ether oxygens (including phenoxy) is 3. The summed E-state index contributed by atoms with van der Waals surface area (Å²) in [4.78, 5) is 0. The molecule has 1 fully saturated rings. The predicted molar refractivity (Wildman–Crippen MR) is 50.6 cm³/mol. The van der Waals surface area contributed by atoms with E-state index in [4.69, 9.17) is 14.2 Å². The van der Waals surface area contributed by atoms with Crippen LogP contribution in [0.5, 0.6) is 0 Å². The monoisotopic (exact) mass is 188 g/mol. The van der Waals surface area contributed by atoms with Gasteiger partial charge in [0.25, 0.3) is 0 Å². The Labute approximate surface area is 80.4 Å². The summed E-state index contributed by atoms with van der Waals surface area (Å²) in [6, 6.07) is 0. The maximum absolute atomic E-state index is 5.68. The Kier molecular flexibility index (Phi) is 4.16. The van der Waals surface area contributed by atoms with Gasteiger partial charge in [0.2, 0.25) is 0 Å². The van der Waals surface area contributed by atoms with Gasteiger partial charge >= 0.3 is 0 Å². The fourth-order valence-electron chi connectivity index (χ4n) is 1.84. The summed E-state index contributed by atoms with van der Waals surface area (Å²) < 4.78 is 16.8. The van der Waals surface area contributed by atoms with Gasteiger partial charge in [0, 0.05) is 26.1 Å². The number of hydrogen-bond acceptors (Lipinski definition) is 3. The summed E-state index contributed by atoms with van der Waals surface area (Å²) in [5.41, 5.74) is 0. The van der Waals surface area contributed by atoms with Crippen molar-refractivity contribution in [1.82, 2.24) is 0 Å². The molecule has 1 saturated heterocycles. The van der Waals surface area contributed by atoms with Crippen molar-refractivity contribution in [2.24, 2.45) is 0 Å². The standard InChI is InChI=1S/C10H20O3/c1-4-12-10(13-5-2)6-7-11-9(3)8-10/h9H,4-8H2,1-3H3. The predicted octanol–water partition coefficient (Wildman–Crippen LogP) is 1.95. The molecule has 0 radical (unpaired) electrons. The third-order valence-corrected chi connectivity index (χ3v) is 2.30. The van der Waals surface area contributed by atoms with Crippen LogP contribution in [0, 0.1) is 0 Å². The van der Waals surface area contributed by atoms with Gasteiger partial charge in [0.05, 0.1) is 12.7 Å². The average molecular weight is 188 g/mol. The Bertz CT molecular complexity index is 136. The lowest BCUT2D eigenvalue weighted by molar-refractivity contribution is -0.275. The second-order valence-electron chi connectivity index (χ2n) is 3.41. The van der Waals surface area contributed by atoms with Gasteiger partial charge in [-0.2, -0.15) is 0 Å². The van der Waals surface area contributed by atoms with Crippen LogP contribution in [0.1, 0.15) is 33.6 Å². The van der Waals surface area contributed by atoms with Gasteiger partial charge in [-0.05, 0) is 20.8 Å². The van der Waals surface area contributed by atoms with Crippen molar-refractivity contribution in [3.05, 3.63) is 0 Å². The normalized spacial score (nSPS) is 27.5. The SMILES string of the molecule is CCOC1(OCC)CCOC(C)C1. The molecule has 0 aromatic carbocycles. The third-order valence-electron chi connectivity index (χ3n) is 2.30. The van der Waals surface area contributed by atoms with Gasteiger partial charge in [-0.15, -0.1) is 0 Å². The lowest BCUT2D eigenvalue weighted by atomic mass is 10.0. The molecule has 1 atom stereocenters. The maximum Gasteiger partial charge on any atom is 0.172 e. The van der Waals surface area contributed by atoms with Crippen molar-refractivity contribution in [3.8, 4) is 0 Å². The Hall–Kier alpha value is -0.120. The van der Waals surface area contributed by atoms with Crippen LogP contribution in [0.4, 0.5) is 0 Å². The minimum Gasteiger partial charge on any atom is -0.378 e. The van der Waals surface area contributed by atoms with E-state index in [1.54, 1.807) is 0 Å². The molecule has 0 bridgehead atoms. The van der Waals surface area contributed by atoms with E-state index < -0.39 is 0 Å². The van der Waals surface area contributed by atoms with Gasteiger partial charge in [-0.1, -0.05) is 0 Å². The van der Waals surface area contributed by atoms with E-state index >= 15 is 0 Å². The zero-order chi connectivity index (χ0) is 9.73. The zero-order valence-electron chi connectivity index (χ0n) is 8.84. The van der Waals surface area contributed by atoms with Crippen LogP contribution in [0.3, 0.4) is 0 Å². The maximum atomic E-state index is 5.68. The quantitative estimate of drug-likeness (QED) is 0.631. The Balaban J connectivity index is 2.53.